The van der Waals surface area contributed by atoms with Gasteiger partial charge in [-0.05, 0) is 62.4 Å². The zero-order valence-corrected chi connectivity index (χ0v) is 17.2. The van der Waals surface area contributed by atoms with Crippen LogP contribution in [0.5, 0.6) is 11.5 Å². The van der Waals surface area contributed by atoms with E-state index in [1.54, 1.807) is 38.1 Å². The number of nitro benzene ring substituents is 1. The van der Waals surface area contributed by atoms with Crippen LogP contribution in [0, 0.1) is 10.1 Å². The molecule has 0 spiro atoms. The minimum Gasteiger partial charge on any atom is -0.450 e. The summed E-state index contributed by atoms with van der Waals surface area (Å²) in [7, 11) is -3.86. The van der Waals surface area contributed by atoms with Crippen molar-refractivity contribution in [2.75, 3.05) is 5.32 Å². The summed E-state index contributed by atoms with van der Waals surface area (Å²) in [6.07, 6.45) is 0. The molecule has 3 aromatic rings. The fourth-order valence-electron chi connectivity index (χ4n) is 2.69. The molecule has 0 unspecified atom stereocenters. The number of para-hydroxylation sites is 1. The van der Waals surface area contributed by atoms with Crippen LogP contribution in [0.2, 0.25) is 0 Å². The first-order valence-corrected chi connectivity index (χ1v) is 10.6. The molecule has 0 aliphatic heterocycles. The van der Waals surface area contributed by atoms with E-state index in [4.69, 9.17) is 4.74 Å². The van der Waals surface area contributed by atoms with Crippen LogP contribution in [-0.4, -0.2) is 19.4 Å². The maximum absolute atomic E-state index is 12.3. The van der Waals surface area contributed by atoms with Crippen LogP contribution in [0.15, 0.2) is 77.7 Å². The Morgan fingerprint density at radius 2 is 1.57 bits per heavy atom. The van der Waals surface area contributed by atoms with Gasteiger partial charge in [0, 0.05) is 23.5 Å². The van der Waals surface area contributed by atoms with Crippen LogP contribution in [-0.2, 0) is 10.0 Å². The van der Waals surface area contributed by atoms with Crippen LogP contribution < -0.4 is 14.8 Å². The molecule has 30 heavy (non-hydrogen) atoms. The third-order valence-electron chi connectivity index (χ3n) is 3.97. The molecule has 0 aliphatic rings. The Hall–Kier alpha value is -3.43. The number of nitrogens with one attached hydrogen (secondary N) is 2. The van der Waals surface area contributed by atoms with Crippen molar-refractivity contribution in [2.45, 2.75) is 24.8 Å². The first kappa shape index (κ1) is 21.3. The summed E-state index contributed by atoms with van der Waals surface area (Å²) < 4.78 is 32.6. The van der Waals surface area contributed by atoms with Crippen molar-refractivity contribution < 1.29 is 18.1 Å². The Bertz CT molecular complexity index is 1130. The zero-order valence-electron chi connectivity index (χ0n) is 16.4. The monoisotopic (exact) mass is 427 g/mol. The summed E-state index contributed by atoms with van der Waals surface area (Å²) in [4.78, 5) is 10.6. The number of anilines is 2. The van der Waals surface area contributed by atoms with Crippen molar-refractivity contribution in [1.82, 2.24) is 4.72 Å². The lowest BCUT2D eigenvalue weighted by Gasteiger charge is -2.12. The molecule has 0 saturated heterocycles. The highest BCUT2D eigenvalue weighted by molar-refractivity contribution is 7.89. The van der Waals surface area contributed by atoms with Crippen LogP contribution in [0.1, 0.15) is 13.8 Å². The lowest BCUT2D eigenvalue weighted by atomic mass is 10.2. The first-order valence-electron chi connectivity index (χ1n) is 9.15. The second-order valence-corrected chi connectivity index (χ2v) is 8.49. The molecule has 3 rings (SSSR count). The largest absolute Gasteiger partial charge is 0.450 e. The Labute approximate surface area is 174 Å². The van der Waals surface area contributed by atoms with E-state index in [1.807, 2.05) is 30.3 Å². The molecule has 0 atom stereocenters. The summed E-state index contributed by atoms with van der Waals surface area (Å²) in [5.41, 5.74) is 1.31. The normalized spacial score (nSPS) is 11.3. The van der Waals surface area contributed by atoms with Crippen molar-refractivity contribution in [1.29, 1.82) is 0 Å². The van der Waals surface area contributed by atoms with Crippen molar-refractivity contribution in [3.05, 3.63) is 82.9 Å². The van der Waals surface area contributed by atoms with Gasteiger partial charge in [0.2, 0.25) is 15.8 Å². The van der Waals surface area contributed by atoms with Gasteiger partial charge in [-0.15, -0.1) is 0 Å². The van der Waals surface area contributed by atoms with E-state index in [0.717, 1.165) is 17.4 Å². The first-order chi connectivity index (χ1) is 14.2. The van der Waals surface area contributed by atoms with Gasteiger partial charge in [0.1, 0.15) is 5.75 Å². The predicted molar refractivity (Wildman–Crippen MR) is 115 cm³/mol. The van der Waals surface area contributed by atoms with Gasteiger partial charge in [-0.3, -0.25) is 10.1 Å². The van der Waals surface area contributed by atoms with Gasteiger partial charge < -0.3 is 10.1 Å². The molecule has 156 valence electrons. The van der Waals surface area contributed by atoms with Gasteiger partial charge in [0.15, 0.2) is 0 Å². The van der Waals surface area contributed by atoms with Crippen LogP contribution in [0.3, 0.4) is 0 Å². The Morgan fingerprint density at radius 1 is 0.933 bits per heavy atom. The number of benzene rings is 3. The molecule has 0 heterocycles. The third-order valence-corrected chi connectivity index (χ3v) is 5.63. The maximum Gasteiger partial charge on any atom is 0.312 e. The lowest BCUT2D eigenvalue weighted by molar-refractivity contribution is -0.385. The molecule has 0 saturated carbocycles. The molecule has 0 radical (unpaired) electrons. The maximum atomic E-state index is 12.3. The number of ether oxygens (including phenoxy) is 1. The van der Waals surface area contributed by atoms with E-state index in [-0.39, 0.29) is 16.7 Å². The van der Waals surface area contributed by atoms with Crippen molar-refractivity contribution in [3.8, 4) is 11.5 Å². The van der Waals surface area contributed by atoms with Crippen molar-refractivity contribution >= 4 is 27.1 Å². The minimum absolute atomic E-state index is 0.0488. The van der Waals surface area contributed by atoms with Crippen LogP contribution >= 0.6 is 0 Å². The van der Waals surface area contributed by atoms with Gasteiger partial charge in [-0.2, -0.15) is 0 Å². The number of nitrogens with zero attached hydrogens (tertiary/aromatic N) is 1. The number of nitro groups is 1. The second-order valence-electron chi connectivity index (χ2n) is 6.78. The second kappa shape index (κ2) is 8.93. The minimum atomic E-state index is -3.86. The van der Waals surface area contributed by atoms with Gasteiger partial charge in [0.05, 0.1) is 9.82 Å². The summed E-state index contributed by atoms with van der Waals surface area (Å²) in [5.74, 6) is 0.333. The molecule has 0 bridgehead atoms. The summed E-state index contributed by atoms with van der Waals surface area (Å²) in [6, 6.07) is 19.7. The van der Waals surface area contributed by atoms with Gasteiger partial charge in [-0.1, -0.05) is 18.2 Å². The van der Waals surface area contributed by atoms with Gasteiger partial charge >= 0.3 is 5.69 Å². The highest BCUT2D eigenvalue weighted by Crippen LogP contribution is 2.34. The molecule has 0 aromatic heterocycles. The molecule has 9 heteroatoms. The number of hydrogen-bond donors (Lipinski definition) is 2. The molecule has 8 nitrogen and oxygen atoms in total. The lowest BCUT2D eigenvalue weighted by Crippen LogP contribution is -2.30. The van der Waals surface area contributed by atoms with E-state index in [1.165, 1.54) is 12.1 Å². The Morgan fingerprint density at radius 3 is 2.17 bits per heavy atom. The molecule has 3 aromatic carbocycles. The standard InChI is InChI=1S/C21H21N3O5S/c1-15(2)23-30(27,28)19-12-13-21(20(14-19)24(25)26)29-18-10-8-17(9-11-18)22-16-6-4-3-5-7-16/h3-15,22-23H,1-2H3. The Balaban J connectivity index is 1.81. The number of hydrogen-bond acceptors (Lipinski definition) is 6. The fraction of sp³-hybridized carbons (Fsp3) is 0.143. The average Bonchev–Trinajstić information content (AvgIpc) is 2.69. The molecule has 0 aliphatic carbocycles. The van der Waals surface area contributed by atoms with E-state index in [9.17, 15) is 18.5 Å². The smallest absolute Gasteiger partial charge is 0.312 e. The highest BCUT2D eigenvalue weighted by atomic mass is 32.2. The molecular formula is C21H21N3O5S. The average molecular weight is 427 g/mol. The third kappa shape index (κ3) is 5.34. The van der Waals surface area contributed by atoms with Crippen molar-refractivity contribution in [3.63, 3.8) is 0 Å². The van der Waals surface area contributed by atoms with E-state index in [2.05, 4.69) is 10.0 Å². The molecule has 0 amide bonds. The van der Waals surface area contributed by atoms with Crippen LogP contribution in [0.25, 0.3) is 0 Å². The van der Waals surface area contributed by atoms with Crippen LogP contribution in [0.4, 0.5) is 17.1 Å². The fourth-order valence-corrected chi connectivity index (χ4v) is 3.96. The van der Waals surface area contributed by atoms with Gasteiger partial charge in [0.25, 0.3) is 0 Å². The quantitative estimate of drug-likeness (QED) is 0.394. The molecule has 0 fully saturated rings. The summed E-state index contributed by atoms with van der Waals surface area (Å²) in [5, 5.41) is 14.7. The van der Waals surface area contributed by atoms with Gasteiger partial charge in [-0.25, -0.2) is 13.1 Å². The molecule has 2 N–H and O–H groups in total. The number of sulfonamides is 1. The van der Waals surface area contributed by atoms with Crippen molar-refractivity contribution in [2.24, 2.45) is 0 Å². The van der Waals surface area contributed by atoms with E-state index in [0.29, 0.717) is 5.75 Å². The Kier molecular flexibility index (Phi) is 6.34. The molecular weight excluding hydrogens is 406 g/mol. The predicted octanol–water partition coefficient (Wildman–Crippen LogP) is 4.82. The van der Waals surface area contributed by atoms with E-state index < -0.39 is 20.6 Å². The topological polar surface area (TPSA) is 111 Å². The highest BCUT2D eigenvalue weighted by Gasteiger charge is 2.23. The van der Waals surface area contributed by atoms with E-state index >= 15 is 0 Å². The zero-order chi connectivity index (χ0) is 21.7. The number of rotatable bonds is 8. The summed E-state index contributed by atoms with van der Waals surface area (Å²) in [6.45, 7) is 3.33. The SMILES string of the molecule is CC(C)NS(=O)(=O)c1ccc(Oc2ccc(Nc3ccccc3)cc2)c([N+](=O)[O-])c1. The summed E-state index contributed by atoms with van der Waals surface area (Å²) >= 11 is 0.